The lowest BCUT2D eigenvalue weighted by Crippen LogP contribution is -2.45. The van der Waals surface area contributed by atoms with Crippen LogP contribution in [0.3, 0.4) is 0 Å². The molecule has 0 aromatic carbocycles. The van der Waals surface area contributed by atoms with Crippen molar-refractivity contribution in [2.45, 2.75) is 33.0 Å². The molecule has 0 spiro atoms. The van der Waals surface area contributed by atoms with E-state index in [1.165, 1.54) is 11.3 Å². The largest absolute Gasteiger partial charge is 0.492 e. The fourth-order valence-electron chi connectivity index (χ4n) is 2.51. The van der Waals surface area contributed by atoms with Gasteiger partial charge in [-0.3, -0.25) is 0 Å². The molecule has 0 aliphatic carbocycles. The molecular weight excluding hydrogens is 292 g/mol. The third kappa shape index (κ3) is 3.24. The van der Waals surface area contributed by atoms with Crippen molar-refractivity contribution >= 4 is 28.0 Å². The van der Waals surface area contributed by atoms with Gasteiger partial charge in [0.05, 0.1) is 25.9 Å². The van der Waals surface area contributed by atoms with Crippen LogP contribution in [0.25, 0.3) is 0 Å². The Hall–Kier alpha value is -1.47. The molecule has 2 rings (SSSR count). The Balaban J connectivity index is 2.34. The Morgan fingerprint density at radius 1 is 1.43 bits per heavy atom. The fourth-order valence-corrected chi connectivity index (χ4v) is 3.62. The summed E-state index contributed by atoms with van der Waals surface area (Å²) in [7, 11) is 1.56. The quantitative estimate of drug-likeness (QED) is 0.858. The van der Waals surface area contributed by atoms with Gasteiger partial charge in [0, 0.05) is 13.1 Å². The van der Waals surface area contributed by atoms with Gasteiger partial charge in [0.1, 0.15) is 15.6 Å². The molecule has 1 aliphatic rings. The first-order valence-corrected chi connectivity index (χ1v) is 7.83. The van der Waals surface area contributed by atoms with Crippen LogP contribution in [0.2, 0.25) is 0 Å². The smallest absolute Gasteiger partial charge is 0.350 e. The van der Waals surface area contributed by atoms with E-state index in [0.29, 0.717) is 22.9 Å². The summed E-state index contributed by atoms with van der Waals surface area (Å²) in [6.45, 7) is 7.62. The first-order chi connectivity index (χ1) is 9.97. The van der Waals surface area contributed by atoms with Crippen molar-refractivity contribution < 1.29 is 19.0 Å². The van der Waals surface area contributed by atoms with Crippen LogP contribution in [0.4, 0.5) is 10.7 Å². The van der Waals surface area contributed by atoms with Crippen LogP contribution in [0.5, 0.6) is 5.75 Å². The SMILES string of the molecule is CCOC(=O)c1sc(N2CC(C)OC(C)C2)c(OC)c1N. The molecule has 2 heterocycles. The second-order valence-corrected chi connectivity index (χ2v) is 6.07. The number of methoxy groups -OCH3 is 1. The van der Waals surface area contributed by atoms with Crippen LogP contribution >= 0.6 is 11.3 Å². The topological polar surface area (TPSA) is 74.0 Å². The number of hydrogen-bond donors (Lipinski definition) is 1. The molecule has 1 fully saturated rings. The highest BCUT2D eigenvalue weighted by molar-refractivity contribution is 7.19. The molecule has 1 saturated heterocycles. The second-order valence-electron chi connectivity index (χ2n) is 5.07. The van der Waals surface area contributed by atoms with Crippen LogP contribution in [-0.2, 0) is 9.47 Å². The number of rotatable bonds is 4. The molecule has 1 aromatic rings. The number of anilines is 2. The lowest BCUT2D eigenvalue weighted by Gasteiger charge is -2.36. The molecular formula is C14H22N2O4S. The van der Waals surface area contributed by atoms with Crippen molar-refractivity contribution in [1.82, 2.24) is 0 Å². The van der Waals surface area contributed by atoms with Crippen molar-refractivity contribution in [3.63, 3.8) is 0 Å². The summed E-state index contributed by atoms with van der Waals surface area (Å²) in [6.07, 6.45) is 0.237. The second kappa shape index (κ2) is 6.53. The lowest BCUT2D eigenvalue weighted by molar-refractivity contribution is -0.00510. The predicted octanol–water partition coefficient (Wildman–Crippen LogP) is 2.13. The summed E-state index contributed by atoms with van der Waals surface area (Å²) in [5.74, 6) is 0.142. The number of carbonyl (C=O) groups is 1. The summed E-state index contributed by atoms with van der Waals surface area (Å²) in [6, 6.07) is 0. The van der Waals surface area contributed by atoms with Crippen molar-refractivity contribution in [1.29, 1.82) is 0 Å². The molecule has 2 atom stereocenters. The molecule has 0 bridgehead atoms. The van der Waals surface area contributed by atoms with E-state index >= 15 is 0 Å². The van der Waals surface area contributed by atoms with Gasteiger partial charge in [-0.05, 0) is 20.8 Å². The minimum absolute atomic E-state index is 0.118. The van der Waals surface area contributed by atoms with Crippen LogP contribution in [0.1, 0.15) is 30.4 Å². The Morgan fingerprint density at radius 2 is 2.05 bits per heavy atom. The van der Waals surface area contributed by atoms with E-state index in [1.807, 2.05) is 13.8 Å². The molecule has 0 saturated carbocycles. The Kier molecular flexibility index (Phi) is 4.95. The van der Waals surface area contributed by atoms with Crippen LogP contribution in [0, 0.1) is 0 Å². The van der Waals surface area contributed by atoms with Gasteiger partial charge in [-0.25, -0.2) is 4.79 Å². The van der Waals surface area contributed by atoms with E-state index in [2.05, 4.69) is 4.90 Å². The van der Waals surface area contributed by atoms with Gasteiger partial charge in [-0.15, -0.1) is 11.3 Å². The molecule has 1 aromatic heterocycles. The van der Waals surface area contributed by atoms with Gasteiger partial charge >= 0.3 is 5.97 Å². The number of hydrogen-bond acceptors (Lipinski definition) is 7. The number of carbonyl (C=O) groups excluding carboxylic acids is 1. The van der Waals surface area contributed by atoms with Gasteiger partial charge in [-0.1, -0.05) is 0 Å². The first-order valence-electron chi connectivity index (χ1n) is 7.01. The first kappa shape index (κ1) is 15.9. The molecule has 2 unspecified atom stereocenters. The lowest BCUT2D eigenvalue weighted by atomic mass is 10.2. The van der Waals surface area contributed by atoms with Crippen LogP contribution < -0.4 is 15.4 Å². The molecule has 0 amide bonds. The van der Waals surface area contributed by atoms with E-state index in [9.17, 15) is 4.79 Å². The summed E-state index contributed by atoms with van der Waals surface area (Å²) in [4.78, 5) is 14.5. The molecule has 1 aliphatic heterocycles. The van der Waals surface area contributed by atoms with E-state index < -0.39 is 5.97 Å². The molecule has 7 heteroatoms. The van der Waals surface area contributed by atoms with E-state index in [-0.39, 0.29) is 12.2 Å². The molecule has 2 N–H and O–H groups in total. The maximum absolute atomic E-state index is 12.0. The van der Waals surface area contributed by atoms with Crippen molar-refractivity contribution in [3.8, 4) is 5.75 Å². The van der Waals surface area contributed by atoms with Crippen molar-refractivity contribution in [2.24, 2.45) is 0 Å². The monoisotopic (exact) mass is 314 g/mol. The van der Waals surface area contributed by atoms with Crippen LogP contribution in [0.15, 0.2) is 0 Å². The van der Waals surface area contributed by atoms with Crippen molar-refractivity contribution in [2.75, 3.05) is 37.4 Å². The van der Waals surface area contributed by atoms with Gasteiger partial charge in [0.2, 0.25) is 0 Å². The zero-order valence-corrected chi connectivity index (χ0v) is 13.7. The maximum Gasteiger partial charge on any atom is 0.350 e. The number of ether oxygens (including phenoxy) is 3. The minimum atomic E-state index is -0.404. The summed E-state index contributed by atoms with van der Waals surface area (Å²) in [5.41, 5.74) is 6.40. The standard InChI is InChI=1S/C14H22N2O4S/c1-5-19-14(17)12-10(15)11(18-4)13(21-12)16-6-8(2)20-9(3)7-16/h8-9H,5-7,15H2,1-4H3. The number of nitrogens with two attached hydrogens (primary N) is 1. The third-order valence-corrected chi connectivity index (χ3v) is 4.48. The highest BCUT2D eigenvalue weighted by atomic mass is 32.1. The number of nitrogen functional groups attached to an aromatic ring is 1. The van der Waals surface area contributed by atoms with Gasteiger partial charge in [0.25, 0.3) is 0 Å². The average molecular weight is 314 g/mol. The zero-order valence-electron chi connectivity index (χ0n) is 12.8. The number of esters is 1. The van der Waals surface area contributed by atoms with E-state index in [1.54, 1.807) is 14.0 Å². The van der Waals surface area contributed by atoms with E-state index in [4.69, 9.17) is 19.9 Å². The van der Waals surface area contributed by atoms with E-state index in [0.717, 1.165) is 18.1 Å². The highest BCUT2D eigenvalue weighted by Crippen LogP contribution is 2.45. The van der Waals surface area contributed by atoms with Crippen LogP contribution in [-0.4, -0.2) is 45.0 Å². The van der Waals surface area contributed by atoms with Crippen molar-refractivity contribution in [3.05, 3.63) is 4.88 Å². The maximum atomic E-state index is 12.0. The fraction of sp³-hybridized carbons (Fsp3) is 0.643. The molecule has 21 heavy (non-hydrogen) atoms. The number of morpholine rings is 1. The number of nitrogens with zero attached hydrogens (tertiary/aromatic N) is 1. The molecule has 6 nitrogen and oxygen atoms in total. The van der Waals surface area contributed by atoms with Gasteiger partial charge in [0.15, 0.2) is 5.75 Å². The predicted molar refractivity (Wildman–Crippen MR) is 83.5 cm³/mol. The normalized spacial score (nSPS) is 22.2. The average Bonchev–Trinajstić information content (AvgIpc) is 2.75. The summed E-state index contributed by atoms with van der Waals surface area (Å²) in [5, 5.41) is 0.861. The minimum Gasteiger partial charge on any atom is -0.492 e. The highest BCUT2D eigenvalue weighted by Gasteiger charge is 2.30. The molecule has 118 valence electrons. The Morgan fingerprint density at radius 3 is 2.57 bits per heavy atom. The zero-order chi connectivity index (χ0) is 15.6. The Bertz CT molecular complexity index is 507. The third-order valence-electron chi connectivity index (χ3n) is 3.25. The molecule has 0 radical (unpaired) electrons. The number of thiophene rings is 1. The van der Waals surface area contributed by atoms with Gasteiger partial charge in [-0.2, -0.15) is 0 Å². The summed E-state index contributed by atoms with van der Waals surface area (Å²) >= 11 is 1.32. The van der Waals surface area contributed by atoms with Gasteiger partial charge < -0.3 is 24.8 Å². The summed E-state index contributed by atoms with van der Waals surface area (Å²) < 4.78 is 16.2. The Labute approximate surface area is 128 Å².